The number of hydrogen-bond acceptors (Lipinski definition) is 4. The van der Waals surface area contributed by atoms with Gasteiger partial charge in [0.25, 0.3) is 5.91 Å². The summed E-state index contributed by atoms with van der Waals surface area (Å²) in [6, 6.07) is 9.54. The van der Waals surface area contributed by atoms with E-state index in [0.717, 1.165) is 17.7 Å². The molecule has 1 aromatic carbocycles. The van der Waals surface area contributed by atoms with E-state index in [2.05, 4.69) is 5.32 Å². The third-order valence-electron chi connectivity index (χ3n) is 4.16. The predicted molar refractivity (Wildman–Crippen MR) is 93.5 cm³/mol. The number of carbonyl (C=O) groups is 2. The normalized spacial score (nSPS) is 17.1. The molecule has 2 amide bonds. The number of amides is 2. The Balaban J connectivity index is 1.50. The SMILES string of the molecule is COc1ccc(CCN2CC(NC(=O)c3ccsc3)CC2=O)cc1. The highest BCUT2D eigenvalue weighted by Crippen LogP contribution is 2.16. The van der Waals surface area contributed by atoms with Crippen molar-refractivity contribution in [2.24, 2.45) is 0 Å². The minimum Gasteiger partial charge on any atom is -0.497 e. The number of ether oxygens (including phenoxy) is 1. The summed E-state index contributed by atoms with van der Waals surface area (Å²) in [5.41, 5.74) is 1.82. The van der Waals surface area contributed by atoms with Gasteiger partial charge in [0.1, 0.15) is 5.75 Å². The molecule has 0 spiro atoms. The summed E-state index contributed by atoms with van der Waals surface area (Å²) in [6.45, 7) is 1.24. The molecule has 0 bridgehead atoms. The van der Waals surface area contributed by atoms with Crippen LogP contribution in [0.15, 0.2) is 41.1 Å². The molecular weight excluding hydrogens is 324 g/mol. The van der Waals surface area contributed by atoms with Gasteiger partial charge in [-0.1, -0.05) is 12.1 Å². The van der Waals surface area contributed by atoms with Crippen LogP contribution in [-0.4, -0.2) is 43.0 Å². The summed E-state index contributed by atoms with van der Waals surface area (Å²) < 4.78 is 5.14. The Morgan fingerprint density at radius 2 is 2.12 bits per heavy atom. The quantitative estimate of drug-likeness (QED) is 0.875. The van der Waals surface area contributed by atoms with Gasteiger partial charge in [0, 0.05) is 30.5 Å². The van der Waals surface area contributed by atoms with Gasteiger partial charge in [-0.15, -0.1) is 0 Å². The molecule has 1 aliphatic heterocycles. The zero-order valence-corrected chi connectivity index (χ0v) is 14.3. The number of carbonyl (C=O) groups excluding carboxylic acids is 2. The summed E-state index contributed by atoms with van der Waals surface area (Å²) in [4.78, 5) is 26.0. The topological polar surface area (TPSA) is 58.6 Å². The lowest BCUT2D eigenvalue weighted by Crippen LogP contribution is -2.37. The average Bonchev–Trinajstić information content (AvgIpc) is 3.23. The first-order valence-corrected chi connectivity index (χ1v) is 8.84. The number of thiophene rings is 1. The fourth-order valence-corrected chi connectivity index (χ4v) is 3.44. The Morgan fingerprint density at radius 1 is 1.33 bits per heavy atom. The third-order valence-corrected chi connectivity index (χ3v) is 4.85. The number of nitrogens with zero attached hydrogens (tertiary/aromatic N) is 1. The Kier molecular flexibility index (Phi) is 5.15. The molecule has 3 rings (SSSR count). The molecule has 0 aliphatic carbocycles. The van der Waals surface area contributed by atoms with Crippen molar-refractivity contribution in [1.82, 2.24) is 10.2 Å². The van der Waals surface area contributed by atoms with Crippen LogP contribution in [0.2, 0.25) is 0 Å². The van der Waals surface area contributed by atoms with Gasteiger partial charge < -0.3 is 15.0 Å². The lowest BCUT2D eigenvalue weighted by Gasteiger charge is -2.17. The zero-order chi connectivity index (χ0) is 16.9. The van der Waals surface area contributed by atoms with Crippen molar-refractivity contribution in [3.8, 4) is 5.75 Å². The predicted octanol–water partition coefficient (Wildman–Crippen LogP) is 2.33. The molecule has 1 aromatic heterocycles. The monoisotopic (exact) mass is 344 g/mol. The smallest absolute Gasteiger partial charge is 0.252 e. The van der Waals surface area contributed by atoms with Crippen molar-refractivity contribution in [2.45, 2.75) is 18.9 Å². The van der Waals surface area contributed by atoms with Gasteiger partial charge in [-0.2, -0.15) is 11.3 Å². The van der Waals surface area contributed by atoms with Crippen molar-refractivity contribution in [3.63, 3.8) is 0 Å². The van der Waals surface area contributed by atoms with Gasteiger partial charge in [-0.3, -0.25) is 9.59 Å². The second kappa shape index (κ2) is 7.49. The van der Waals surface area contributed by atoms with Crippen LogP contribution in [0.25, 0.3) is 0 Å². The highest BCUT2D eigenvalue weighted by Gasteiger charge is 2.30. The zero-order valence-electron chi connectivity index (χ0n) is 13.5. The molecule has 126 valence electrons. The Bertz CT molecular complexity index is 698. The molecule has 0 radical (unpaired) electrons. The molecule has 1 saturated heterocycles. The second-order valence-corrected chi connectivity index (χ2v) is 6.60. The van der Waals surface area contributed by atoms with Crippen LogP contribution < -0.4 is 10.1 Å². The average molecular weight is 344 g/mol. The van der Waals surface area contributed by atoms with Crippen molar-refractivity contribution in [1.29, 1.82) is 0 Å². The summed E-state index contributed by atoms with van der Waals surface area (Å²) in [7, 11) is 1.64. The first kappa shape index (κ1) is 16.5. The molecule has 1 aliphatic rings. The maximum atomic E-state index is 12.1. The van der Waals surface area contributed by atoms with Gasteiger partial charge in [-0.05, 0) is 35.6 Å². The number of hydrogen-bond donors (Lipinski definition) is 1. The number of nitrogens with one attached hydrogen (secondary N) is 1. The van der Waals surface area contributed by atoms with Gasteiger partial charge in [0.05, 0.1) is 13.2 Å². The largest absolute Gasteiger partial charge is 0.497 e. The van der Waals surface area contributed by atoms with Gasteiger partial charge in [0.2, 0.25) is 5.91 Å². The highest BCUT2D eigenvalue weighted by atomic mass is 32.1. The molecule has 0 saturated carbocycles. The summed E-state index contributed by atoms with van der Waals surface area (Å²) >= 11 is 1.49. The van der Waals surface area contributed by atoms with Crippen molar-refractivity contribution < 1.29 is 14.3 Å². The van der Waals surface area contributed by atoms with Crippen LogP contribution in [-0.2, 0) is 11.2 Å². The summed E-state index contributed by atoms with van der Waals surface area (Å²) in [5.74, 6) is 0.817. The summed E-state index contributed by atoms with van der Waals surface area (Å²) in [6.07, 6.45) is 1.17. The van der Waals surface area contributed by atoms with E-state index in [1.807, 2.05) is 39.9 Å². The first-order valence-electron chi connectivity index (χ1n) is 7.89. The van der Waals surface area contributed by atoms with Crippen LogP contribution in [0.1, 0.15) is 22.3 Å². The summed E-state index contributed by atoms with van der Waals surface area (Å²) in [5, 5.41) is 6.63. The lowest BCUT2D eigenvalue weighted by molar-refractivity contribution is -0.127. The Labute approximate surface area is 145 Å². The van der Waals surface area contributed by atoms with Crippen molar-refractivity contribution in [3.05, 3.63) is 52.2 Å². The van der Waals surface area contributed by atoms with E-state index < -0.39 is 0 Å². The van der Waals surface area contributed by atoms with Crippen LogP contribution in [0.4, 0.5) is 0 Å². The van der Waals surface area contributed by atoms with Crippen LogP contribution in [0, 0.1) is 0 Å². The highest BCUT2D eigenvalue weighted by molar-refractivity contribution is 7.08. The molecule has 2 aromatic rings. The maximum absolute atomic E-state index is 12.1. The lowest BCUT2D eigenvalue weighted by atomic mass is 10.1. The van der Waals surface area contributed by atoms with Crippen LogP contribution in [0.5, 0.6) is 5.75 Å². The number of benzene rings is 1. The molecule has 2 heterocycles. The Morgan fingerprint density at radius 3 is 2.79 bits per heavy atom. The van der Waals surface area contributed by atoms with Gasteiger partial charge >= 0.3 is 0 Å². The fourth-order valence-electron chi connectivity index (χ4n) is 2.80. The fraction of sp³-hybridized carbons (Fsp3) is 0.333. The minimum atomic E-state index is -0.110. The minimum absolute atomic E-state index is 0.0964. The molecule has 5 nitrogen and oxygen atoms in total. The molecule has 1 N–H and O–H groups in total. The van der Waals surface area contributed by atoms with E-state index in [1.54, 1.807) is 13.2 Å². The molecule has 24 heavy (non-hydrogen) atoms. The third kappa shape index (κ3) is 3.94. The molecule has 6 heteroatoms. The standard InChI is InChI=1S/C18H20N2O3S/c1-23-16-4-2-13(3-5-16)6-8-20-11-15(10-17(20)21)19-18(22)14-7-9-24-12-14/h2-5,7,9,12,15H,6,8,10-11H2,1H3,(H,19,22). The van der Waals surface area contributed by atoms with E-state index in [1.165, 1.54) is 11.3 Å². The van der Waals surface area contributed by atoms with Gasteiger partial charge in [0.15, 0.2) is 0 Å². The maximum Gasteiger partial charge on any atom is 0.252 e. The first-order chi connectivity index (χ1) is 11.7. The number of methoxy groups -OCH3 is 1. The van der Waals surface area contributed by atoms with E-state index in [-0.39, 0.29) is 17.9 Å². The van der Waals surface area contributed by atoms with E-state index >= 15 is 0 Å². The van der Waals surface area contributed by atoms with Crippen LogP contribution in [0.3, 0.4) is 0 Å². The van der Waals surface area contributed by atoms with E-state index in [0.29, 0.717) is 25.1 Å². The number of rotatable bonds is 6. The van der Waals surface area contributed by atoms with Crippen molar-refractivity contribution in [2.75, 3.05) is 20.2 Å². The van der Waals surface area contributed by atoms with Gasteiger partial charge in [-0.25, -0.2) is 0 Å². The molecule has 1 atom stereocenters. The molecule has 1 fully saturated rings. The molecular formula is C18H20N2O3S. The van der Waals surface area contributed by atoms with Crippen LogP contribution >= 0.6 is 11.3 Å². The van der Waals surface area contributed by atoms with E-state index in [9.17, 15) is 9.59 Å². The van der Waals surface area contributed by atoms with E-state index in [4.69, 9.17) is 4.74 Å². The second-order valence-electron chi connectivity index (χ2n) is 5.82. The van der Waals surface area contributed by atoms with Crippen molar-refractivity contribution >= 4 is 23.2 Å². The number of likely N-dealkylation sites (tertiary alicyclic amines) is 1. The molecule has 1 unspecified atom stereocenters. The Hall–Kier alpha value is -2.34.